The van der Waals surface area contributed by atoms with Crippen molar-refractivity contribution in [3.63, 3.8) is 0 Å². The van der Waals surface area contributed by atoms with E-state index in [4.69, 9.17) is 4.74 Å². The van der Waals surface area contributed by atoms with E-state index in [1.165, 1.54) is 0 Å². The van der Waals surface area contributed by atoms with Crippen molar-refractivity contribution >= 4 is 5.69 Å². The lowest BCUT2D eigenvalue weighted by Crippen LogP contribution is -1.88. The van der Waals surface area contributed by atoms with E-state index in [9.17, 15) is 0 Å². The van der Waals surface area contributed by atoms with E-state index in [2.05, 4.69) is 5.32 Å². The van der Waals surface area contributed by atoms with Crippen LogP contribution in [0.2, 0.25) is 0 Å². The average molecular weight is 167 g/mol. The molecule has 0 heterocycles. The summed E-state index contributed by atoms with van der Waals surface area (Å²) in [4.78, 5) is 0. The SMILES string of the molecule is CC.CNc1cccc(OC)c1. The number of rotatable bonds is 2. The molecule has 0 aromatic heterocycles. The van der Waals surface area contributed by atoms with Gasteiger partial charge in [0.1, 0.15) is 5.75 Å². The van der Waals surface area contributed by atoms with Crippen LogP contribution in [0.1, 0.15) is 13.8 Å². The third-order valence-corrected chi connectivity index (χ3v) is 1.36. The number of methoxy groups -OCH3 is 1. The summed E-state index contributed by atoms with van der Waals surface area (Å²) >= 11 is 0. The molecule has 1 rings (SSSR count). The van der Waals surface area contributed by atoms with E-state index < -0.39 is 0 Å². The van der Waals surface area contributed by atoms with Crippen molar-refractivity contribution in [2.45, 2.75) is 13.8 Å². The number of anilines is 1. The molecule has 0 saturated carbocycles. The number of ether oxygens (including phenoxy) is 1. The highest BCUT2D eigenvalue weighted by atomic mass is 16.5. The van der Waals surface area contributed by atoms with Gasteiger partial charge in [-0.3, -0.25) is 0 Å². The van der Waals surface area contributed by atoms with Gasteiger partial charge in [-0.15, -0.1) is 0 Å². The molecule has 0 aliphatic rings. The average Bonchev–Trinajstić information content (AvgIpc) is 2.21. The Morgan fingerprint density at radius 1 is 1.25 bits per heavy atom. The maximum atomic E-state index is 5.02. The van der Waals surface area contributed by atoms with Crippen molar-refractivity contribution in [1.29, 1.82) is 0 Å². The van der Waals surface area contributed by atoms with Gasteiger partial charge in [0.15, 0.2) is 0 Å². The van der Waals surface area contributed by atoms with Gasteiger partial charge in [-0.25, -0.2) is 0 Å². The van der Waals surface area contributed by atoms with Gasteiger partial charge in [-0.1, -0.05) is 19.9 Å². The zero-order valence-electron chi connectivity index (χ0n) is 8.22. The van der Waals surface area contributed by atoms with E-state index in [0.717, 1.165) is 11.4 Å². The number of hydrogen-bond donors (Lipinski definition) is 1. The van der Waals surface area contributed by atoms with Gasteiger partial charge in [0.05, 0.1) is 7.11 Å². The Morgan fingerprint density at radius 2 is 1.92 bits per heavy atom. The fraction of sp³-hybridized carbons (Fsp3) is 0.400. The topological polar surface area (TPSA) is 21.3 Å². The number of nitrogens with one attached hydrogen (secondary N) is 1. The monoisotopic (exact) mass is 167 g/mol. The van der Waals surface area contributed by atoms with Crippen molar-refractivity contribution < 1.29 is 4.74 Å². The highest BCUT2D eigenvalue weighted by molar-refractivity contribution is 5.47. The third-order valence-electron chi connectivity index (χ3n) is 1.36. The largest absolute Gasteiger partial charge is 0.497 e. The minimum atomic E-state index is 0.881. The standard InChI is InChI=1S/C8H11NO.C2H6/c1-9-7-4-3-5-8(6-7)10-2;1-2/h3-6,9H,1-2H3;1-2H3. The molecule has 0 saturated heterocycles. The highest BCUT2D eigenvalue weighted by Crippen LogP contribution is 2.15. The second-order valence-electron chi connectivity index (χ2n) is 1.98. The van der Waals surface area contributed by atoms with Crippen molar-refractivity contribution in [1.82, 2.24) is 0 Å². The molecule has 1 aromatic rings. The Morgan fingerprint density at radius 3 is 2.42 bits per heavy atom. The Bertz CT molecular complexity index is 191. The normalized spacial score (nSPS) is 8.00. The predicted octanol–water partition coefficient (Wildman–Crippen LogP) is 2.76. The molecule has 0 spiro atoms. The Balaban J connectivity index is 0.000000561. The summed E-state index contributed by atoms with van der Waals surface area (Å²) in [6.45, 7) is 4.00. The predicted molar refractivity (Wildman–Crippen MR) is 53.9 cm³/mol. The maximum Gasteiger partial charge on any atom is 0.120 e. The Labute approximate surface area is 74.6 Å². The molecule has 2 heteroatoms. The van der Waals surface area contributed by atoms with Crippen LogP contribution in [0, 0.1) is 0 Å². The van der Waals surface area contributed by atoms with Gasteiger partial charge in [0.2, 0.25) is 0 Å². The summed E-state index contributed by atoms with van der Waals surface area (Å²) < 4.78 is 5.02. The molecule has 1 aromatic carbocycles. The molecule has 0 unspecified atom stereocenters. The Hall–Kier alpha value is -1.18. The van der Waals surface area contributed by atoms with Crippen LogP contribution in [0.25, 0.3) is 0 Å². The van der Waals surface area contributed by atoms with Crippen LogP contribution >= 0.6 is 0 Å². The molecular weight excluding hydrogens is 150 g/mol. The summed E-state index contributed by atoms with van der Waals surface area (Å²) in [6, 6.07) is 7.80. The van der Waals surface area contributed by atoms with E-state index in [-0.39, 0.29) is 0 Å². The van der Waals surface area contributed by atoms with Crippen LogP contribution in [0.15, 0.2) is 24.3 Å². The van der Waals surface area contributed by atoms with Gasteiger partial charge in [0, 0.05) is 18.8 Å². The van der Waals surface area contributed by atoms with E-state index in [0.29, 0.717) is 0 Å². The molecule has 1 N–H and O–H groups in total. The molecular formula is C10H17NO. The van der Waals surface area contributed by atoms with Crippen LogP contribution in [0.5, 0.6) is 5.75 Å². The molecule has 12 heavy (non-hydrogen) atoms. The molecule has 68 valence electrons. The van der Waals surface area contributed by atoms with Crippen LogP contribution in [0.4, 0.5) is 5.69 Å². The van der Waals surface area contributed by atoms with Gasteiger partial charge in [0.25, 0.3) is 0 Å². The third kappa shape index (κ3) is 3.28. The van der Waals surface area contributed by atoms with Crippen molar-refractivity contribution in [3.05, 3.63) is 24.3 Å². The summed E-state index contributed by atoms with van der Waals surface area (Å²) in [5.74, 6) is 0.881. The molecule has 2 nitrogen and oxygen atoms in total. The first-order valence-corrected chi connectivity index (χ1v) is 4.18. The van der Waals surface area contributed by atoms with Gasteiger partial charge < -0.3 is 10.1 Å². The van der Waals surface area contributed by atoms with Crippen LogP contribution in [-0.2, 0) is 0 Å². The zero-order valence-corrected chi connectivity index (χ0v) is 8.22. The summed E-state index contributed by atoms with van der Waals surface area (Å²) in [5, 5.41) is 3.02. The first-order valence-electron chi connectivity index (χ1n) is 4.18. The molecule has 0 atom stereocenters. The van der Waals surface area contributed by atoms with Crippen molar-refractivity contribution in [2.24, 2.45) is 0 Å². The van der Waals surface area contributed by atoms with E-state index in [1.54, 1.807) is 7.11 Å². The van der Waals surface area contributed by atoms with Crippen molar-refractivity contribution in [2.75, 3.05) is 19.5 Å². The van der Waals surface area contributed by atoms with Crippen LogP contribution < -0.4 is 10.1 Å². The summed E-state index contributed by atoms with van der Waals surface area (Å²) in [6.07, 6.45) is 0. The lowest BCUT2D eigenvalue weighted by molar-refractivity contribution is 0.415. The molecule has 0 aliphatic heterocycles. The Kier molecular flexibility index (Phi) is 5.88. The number of hydrogen-bond acceptors (Lipinski definition) is 2. The zero-order chi connectivity index (χ0) is 9.40. The van der Waals surface area contributed by atoms with Crippen molar-refractivity contribution in [3.8, 4) is 5.75 Å². The molecule has 0 bridgehead atoms. The van der Waals surface area contributed by atoms with Crippen LogP contribution in [-0.4, -0.2) is 14.2 Å². The summed E-state index contributed by atoms with van der Waals surface area (Å²) in [5.41, 5.74) is 1.07. The lowest BCUT2D eigenvalue weighted by Gasteiger charge is -2.01. The quantitative estimate of drug-likeness (QED) is 0.731. The van der Waals surface area contributed by atoms with Gasteiger partial charge in [-0.05, 0) is 12.1 Å². The maximum absolute atomic E-state index is 5.02. The molecule has 0 amide bonds. The minimum Gasteiger partial charge on any atom is -0.497 e. The first-order chi connectivity index (χ1) is 5.86. The van der Waals surface area contributed by atoms with E-state index in [1.807, 2.05) is 45.2 Å². The van der Waals surface area contributed by atoms with E-state index >= 15 is 0 Å². The smallest absolute Gasteiger partial charge is 0.120 e. The summed E-state index contributed by atoms with van der Waals surface area (Å²) in [7, 11) is 3.55. The molecule has 0 fully saturated rings. The molecule has 0 aliphatic carbocycles. The lowest BCUT2D eigenvalue weighted by atomic mass is 10.3. The second kappa shape index (κ2) is 6.53. The number of benzene rings is 1. The van der Waals surface area contributed by atoms with Gasteiger partial charge >= 0.3 is 0 Å². The fourth-order valence-electron chi connectivity index (χ4n) is 0.779. The second-order valence-corrected chi connectivity index (χ2v) is 1.98. The van der Waals surface area contributed by atoms with Gasteiger partial charge in [-0.2, -0.15) is 0 Å². The van der Waals surface area contributed by atoms with Crippen LogP contribution in [0.3, 0.4) is 0 Å². The fourth-order valence-corrected chi connectivity index (χ4v) is 0.779. The first kappa shape index (κ1) is 10.8. The molecule has 0 radical (unpaired) electrons. The minimum absolute atomic E-state index is 0.881. The highest BCUT2D eigenvalue weighted by Gasteiger charge is 1.89.